The number of nitriles is 1. The van der Waals surface area contributed by atoms with Crippen molar-refractivity contribution in [1.29, 1.82) is 5.26 Å². The number of nitrogens with zero attached hydrogens (tertiary/aromatic N) is 2. The van der Waals surface area contributed by atoms with Crippen LogP contribution in [0.3, 0.4) is 0 Å². The fourth-order valence-electron chi connectivity index (χ4n) is 1.82. The van der Waals surface area contributed by atoms with Gasteiger partial charge in [0.2, 0.25) is 5.91 Å². The van der Waals surface area contributed by atoms with Gasteiger partial charge in [-0.25, -0.2) is 0 Å². The molecule has 0 radical (unpaired) electrons. The predicted molar refractivity (Wildman–Crippen MR) is 72.1 cm³/mol. The lowest BCUT2D eigenvalue weighted by Gasteiger charge is -2.24. The monoisotopic (exact) mass is 246 g/mol. The van der Waals surface area contributed by atoms with Crippen LogP contribution >= 0.6 is 0 Å². The molecule has 5 heteroatoms. The maximum Gasteiger partial charge on any atom is 0.224 e. The summed E-state index contributed by atoms with van der Waals surface area (Å²) in [5.41, 5.74) is 7.58. The van der Waals surface area contributed by atoms with E-state index in [0.717, 1.165) is 5.69 Å². The number of amides is 1. The minimum Gasteiger partial charge on any atom is -0.396 e. The third-order valence-electron chi connectivity index (χ3n) is 2.86. The Bertz CT molecular complexity index is 478. The maximum atomic E-state index is 11.5. The van der Waals surface area contributed by atoms with E-state index in [4.69, 9.17) is 11.0 Å². The smallest absolute Gasteiger partial charge is 0.224 e. The molecule has 1 atom stereocenters. The van der Waals surface area contributed by atoms with Crippen molar-refractivity contribution in [3.8, 4) is 6.07 Å². The van der Waals surface area contributed by atoms with Gasteiger partial charge in [-0.1, -0.05) is 13.0 Å². The van der Waals surface area contributed by atoms with Gasteiger partial charge in [-0.2, -0.15) is 5.26 Å². The van der Waals surface area contributed by atoms with Crippen LogP contribution in [-0.4, -0.2) is 26.5 Å². The molecule has 0 spiro atoms. The van der Waals surface area contributed by atoms with E-state index in [2.05, 4.69) is 5.32 Å². The molecule has 1 aromatic rings. The van der Waals surface area contributed by atoms with Gasteiger partial charge >= 0.3 is 0 Å². The Balaban J connectivity index is 2.89. The lowest BCUT2D eigenvalue weighted by molar-refractivity contribution is -0.123. The van der Waals surface area contributed by atoms with Gasteiger partial charge in [-0.15, -0.1) is 0 Å². The number of benzene rings is 1. The van der Waals surface area contributed by atoms with Gasteiger partial charge in [-0.05, 0) is 12.1 Å². The lowest BCUT2D eigenvalue weighted by atomic mass is 10.1. The van der Waals surface area contributed by atoms with E-state index in [1.54, 1.807) is 19.2 Å². The van der Waals surface area contributed by atoms with Crippen molar-refractivity contribution >= 4 is 17.3 Å². The molecule has 0 bridgehead atoms. The lowest BCUT2D eigenvalue weighted by Crippen LogP contribution is -2.34. The summed E-state index contributed by atoms with van der Waals surface area (Å²) in [6, 6.07) is 7.35. The van der Waals surface area contributed by atoms with Crippen LogP contribution < -0.4 is 16.0 Å². The molecule has 0 saturated heterocycles. The highest BCUT2D eigenvalue weighted by atomic mass is 16.1. The first-order valence-corrected chi connectivity index (χ1v) is 5.72. The first-order chi connectivity index (χ1) is 8.51. The highest BCUT2D eigenvalue weighted by Gasteiger charge is 2.16. The van der Waals surface area contributed by atoms with Crippen LogP contribution in [-0.2, 0) is 4.79 Å². The zero-order valence-corrected chi connectivity index (χ0v) is 10.9. The van der Waals surface area contributed by atoms with Crippen molar-refractivity contribution in [2.24, 2.45) is 5.92 Å². The number of hydrogen-bond acceptors (Lipinski definition) is 4. The van der Waals surface area contributed by atoms with E-state index < -0.39 is 0 Å². The van der Waals surface area contributed by atoms with Gasteiger partial charge < -0.3 is 16.0 Å². The maximum absolute atomic E-state index is 11.5. The molecule has 3 N–H and O–H groups in total. The molecule has 1 amide bonds. The summed E-state index contributed by atoms with van der Waals surface area (Å²) < 4.78 is 0. The van der Waals surface area contributed by atoms with E-state index in [9.17, 15) is 4.79 Å². The van der Waals surface area contributed by atoms with E-state index in [1.165, 1.54) is 0 Å². The molecule has 0 fully saturated rings. The van der Waals surface area contributed by atoms with Crippen LogP contribution in [0.2, 0.25) is 0 Å². The van der Waals surface area contributed by atoms with E-state index in [-0.39, 0.29) is 11.8 Å². The number of rotatable bonds is 4. The minimum absolute atomic E-state index is 0.0168. The van der Waals surface area contributed by atoms with Crippen LogP contribution in [0.4, 0.5) is 11.4 Å². The summed E-state index contributed by atoms with van der Waals surface area (Å²) in [5.74, 6) is -0.165. The first-order valence-electron chi connectivity index (χ1n) is 5.72. The topological polar surface area (TPSA) is 82.2 Å². The number of nitrogen functional groups attached to an aromatic ring is 1. The molecular weight excluding hydrogens is 228 g/mol. The van der Waals surface area contributed by atoms with Gasteiger partial charge in [0.15, 0.2) is 0 Å². The van der Waals surface area contributed by atoms with Crippen LogP contribution in [0.25, 0.3) is 0 Å². The summed E-state index contributed by atoms with van der Waals surface area (Å²) in [7, 11) is 3.47. The number of para-hydroxylation sites is 1. The molecule has 0 aliphatic carbocycles. The standard InChI is InChI=1S/C13H18N4O/c1-9(13(18)16-2)8-17(3)11-6-4-5-10(7-14)12(11)15/h4-6,9H,8,15H2,1-3H3,(H,16,18). The number of carbonyl (C=O) groups is 1. The van der Waals surface area contributed by atoms with Crippen LogP contribution in [0.5, 0.6) is 0 Å². The summed E-state index contributed by atoms with van der Waals surface area (Å²) in [6.07, 6.45) is 0. The quantitative estimate of drug-likeness (QED) is 0.775. The predicted octanol–water partition coefficient (Wildman–Crippen LogP) is 0.959. The van der Waals surface area contributed by atoms with Crippen molar-refractivity contribution in [3.05, 3.63) is 23.8 Å². The molecule has 18 heavy (non-hydrogen) atoms. The van der Waals surface area contributed by atoms with Crippen molar-refractivity contribution < 1.29 is 4.79 Å². The summed E-state index contributed by atoms with van der Waals surface area (Å²) >= 11 is 0. The largest absolute Gasteiger partial charge is 0.396 e. The Hall–Kier alpha value is -2.22. The Morgan fingerprint density at radius 3 is 2.83 bits per heavy atom. The Kier molecular flexibility index (Phi) is 4.55. The van der Waals surface area contributed by atoms with Crippen LogP contribution in [0, 0.1) is 17.2 Å². The molecule has 1 rings (SSSR count). The SMILES string of the molecule is CNC(=O)C(C)CN(C)c1cccc(C#N)c1N. The number of anilines is 2. The molecule has 1 unspecified atom stereocenters. The molecular formula is C13H18N4O. The van der Waals surface area contributed by atoms with Crippen molar-refractivity contribution in [3.63, 3.8) is 0 Å². The normalized spacial score (nSPS) is 11.4. The molecule has 96 valence electrons. The van der Waals surface area contributed by atoms with Gasteiger partial charge in [0.05, 0.1) is 22.9 Å². The molecule has 0 aliphatic rings. The Morgan fingerprint density at radius 2 is 2.28 bits per heavy atom. The summed E-state index contributed by atoms with van der Waals surface area (Å²) in [6.45, 7) is 2.39. The summed E-state index contributed by atoms with van der Waals surface area (Å²) in [5, 5.41) is 11.5. The van der Waals surface area contributed by atoms with Crippen molar-refractivity contribution in [1.82, 2.24) is 5.32 Å². The van der Waals surface area contributed by atoms with Gasteiger partial charge in [0.1, 0.15) is 6.07 Å². The second kappa shape index (κ2) is 5.92. The van der Waals surface area contributed by atoms with E-state index in [0.29, 0.717) is 17.8 Å². The molecule has 0 saturated carbocycles. The Morgan fingerprint density at radius 1 is 1.61 bits per heavy atom. The molecule has 5 nitrogen and oxygen atoms in total. The van der Waals surface area contributed by atoms with Gasteiger partial charge in [0.25, 0.3) is 0 Å². The van der Waals surface area contributed by atoms with Crippen molar-refractivity contribution in [2.75, 3.05) is 31.3 Å². The van der Waals surface area contributed by atoms with Gasteiger partial charge in [-0.3, -0.25) is 4.79 Å². The Labute approximate surface area is 107 Å². The zero-order valence-electron chi connectivity index (χ0n) is 10.9. The van der Waals surface area contributed by atoms with Crippen LogP contribution in [0.1, 0.15) is 12.5 Å². The highest BCUT2D eigenvalue weighted by Crippen LogP contribution is 2.25. The molecule has 1 aromatic carbocycles. The highest BCUT2D eigenvalue weighted by molar-refractivity contribution is 5.79. The third kappa shape index (κ3) is 2.92. The fraction of sp³-hybridized carbons (Fsp3) is 0.385. The second-order valence-electron chi connectivity index (χ2n) is 4.25. The summed E-state index contributed by atoms with van der Waals surface area (Å²) in [4.78, 5) is 13.4. The average molecular weight is 246 g/mol. The number of hydrogen-bond donors (Lipinski definition) is 2. The van der Waals surface area contributed by atoms with E-state index in [1.807, 2.05) is 31.0 Å². The molecule has 0 aromatic heterocycles. The van der Waals surface area contributed by atoms with E-state index >= 15 is 0 Å². The molecule has 0 aliphatic heterocycles. The van der Waals surface area contributed by atoms with Gasteiger partial charge in [0, 0.05) is 20.6 Å². The fourth-order valence-corrected chi connectivity index (χ4v) is 1.82. The zero-order chi connectivity index (χ0) is 13.7. The third-order valence-corrected chi connectivity index (χ3v) is 2.86. The molecule has 0 heterocycles. The number of carbonyl (C=O) groups excluding carboxylic acids is 1. The van der Waals surface area contributed by atoms with Crippen LogP contribution in [0.15, 0.2) is 18.2 Å². The number of nitrogens with two attached hydrogens (primary N) is 1. The second-order valence-corrected chi connectivity index (χ2v) is 4.25. The minimum atomic E-state index is -0.148. The number of nitrogens with one attached hydrogen (secondary N) is 1. The van der Waals surface area contributed by atoms with Crippen molar-refractivity contribution in [2.45, 2.75) is 6.92 Å². The average Bonchev–Trinajstić information content (AvgIpc) is 2.37. The first kappa shape index (κ1) is 13.8.